The van der Waals surface area contributed by atoms with Gasteiger partial charge in [-0.05, 0) is 24.0 Å². The summed E-state index contributed by atoms with van der Waals surface area (Å²) in [6, 6.07) is 18.5. The lowest BCUT2D eigenvalue weighted by Gasteiger charge is -2.25. The van der Waals surface area contributed by atoms with Crippen LogP contribution in [-0.4, -0.2) is 22.8 Å². The summed E-state index contributed by atoms with van der Waals surface area (Å²) in [5.74, 6) is -1.03. The Morgan fingerprint density at radius 2 is 1.45 bits per heavy atom. The van der Waals surface area contributed by atoms with Gasteiger partial charge in [0.1, 0.15) is 6.04 Å². The van der Waals surface area contributed by atoms with Crippen LogP contribution in [0.4, 0.5) is 5.13 Å². The van der Waals surface area contributed by atoms with Crippen LogP contribution in [0.3, 0.4) is 0 Å². The summed E-state index contributed by atoms with van der Waals surface area (Å²) >= 11 is 1.37. The van der Waals surface area contributed by atoms with Crippen LogP contribution in [0.1, 0.15) is 36.6 Å². The van der Waals surface area contributed by atoms with Crippen molar-refractivity contribution < 1.29 is 9.59 Å². The second-order valence-corrected chi connectivity index (χ2v) is 8.13. The lowest BCUT2D eigenvalue weighted by atomic mass is 9.89. The molecule has 0 radical (unpaired) electrons. The molecule has 1 aromatic heterocycles. The Bertz CT molecular complexity index is 915. The predicted octanol–water partition coefficient (Wildman–Crippen LogP) is 4.36. The number of carbonyl (C=O) groups is 2. The van der Waals surface area contributed by atoms with E-state index in [2.05, 4.69) is 15.6 Å². The molecule has 0 spiro atoms. The Balaban J connectivity index is 1.83. The molecule has 0 fully saturated rings. The van der Waals surface area contributed by atoms with Crippen molar-refractivity contribution in [3.63, 3.8) is 0 Å². The monoisotopic (exact) mass is 407 g/mol. The van der Waals surface area contributed by atoms with Gasteiger partial charge >= 0.3 is 0 Å². The average Bonchev–Trinajstić information content (AvgIpc) is 3.12. The maximum Gasteiger partial charge on any atom is 0.248 e. The molecule has 0 aliphatic heterocycles. The van der Waals surface area contributed by atoms with Crippen LogP contribution >= 0.6 is 11.3 Å². The summed E-state index contributed by atoms with van der Waals surface area (Å²) in [6.45, 7) is 5.70. The summed E-state index contributed by atoms with van der Waals surface area (Å²) in [7, 11) is 0. The quantitative estimate of drug-likeness (QED) is 0.611. The number of carbonyl (C=O) groups excluding carboxylic acids is 2. The Kier molecular flexibility index (Phi) is 6.77. The highest BCUT2D eigenvalue weighted by Crippen LogP contribution is 2.25. The Morgan fingerprint density at radius 1 is 0.897 bits per heavy atom. The molecule has 2 N–H and O–H groups in total. The minimum atomic E-state index is -0.665. The van der Waals surface area contributed by atoms with Gasteiger partial charge in [-0.2, -0.15) is 0 Å². The van der Waals surface area contributed by atoms with Crippen molar-refractivity contribution in [1.82, 2.24) is 10.3 Å². The Labute approximate surface area is 175 Å². The van der Waals surface area contributed by atoms with Crippen molar-refractivity contribution >= 4 is 28.3 Å². The molecule has 0 saturated heterocycles. The molecule has 2 amide bonds. The first kappa shape index (κ1) is 20.7. The fourth-order valence-electron chi connectivity index (χ4n) is 3.15. The third-order valence-corrected chi connectivity index (χ3v) is 5.50. The van der Waals surface area contributed by atoms with Gasteiger partial charge in [-0.15, -0.1) is 11.3 Å². The average molecular weight is 408 g/mol. The number of nitrogens with one attached hydrogen (secondary N) is 2. The minimum absolute atomic E-state index is 0.0767. The van der Waals surface area contributed by atoms with E-state index in [4.69, 9.17) is 0 Å². The molecule has 29 heavy (non-hydrogen) atoms. The number of thiazole rings is 1. The van der Waals surface area contributed by atoms with Gasteiger partial charge in [-0.1, -0.05) is 74.5 Å². The molecular formula is C23H25N3O2S. The Morgan fingerprint density at radius 3 is 1.90 bits per heavy atom. The predicted molar refractivity (Wildman–Crippen MR) is 117 cm³/mol. The standard InChI is InChI=1S/C23H25N3O2S/c1-15(2)20(22(28)26-23-24-16(3)14-29-23)25-21(27)19(17-10-6-4-7-11-17)18-12-8-5-9-13-18/h4-15,19-20H,1-3H3,(H,25,27)(H,24,26,28)/t20-/m1/s1. The molecule has 1 atom stereocenters. The molecule has 0 unspecified atom stereocenters. The van der Waals surface area contributed by atoms with Crippen LogP contribution in [0, 0.1) is 12.8 Å². The number of anilines is 1. The number of hydrogen-bond acceptors (Lipinski definition) is 4. The van der Waals surface area contributed by atoms with Crippen LogP contribution in [0.5, 0.6) is 0 Å². The van der Waals surface area contributed by atoms with E-state index in [1.165, 1.54) is 11.3 Å². The molecule has 0 bridgehead atoms. The van der Waals surface area contributed by atoms with E-state index in [1.54, 1.807) is 0 Å². The number of hydrogen-bond donors (Lipinski definition) is 2. The lowest BCUT2D eigenvalue weighted by Crippen LogP contribution is -2.48. The molecule has 0 aliphatic carbocycles. The van der Waals surface area contributed by atoms with E-state index >= 15 is 0 Å². The van der Waals surface area contributed by atoms with Crippen LogP contribution in [0.2, 0.25) is 0 Å². The molecule has 6 heteroatoms. The van der Waals surface area contributed by atoms with E-state index in [1.807, 2.05) is 86.8 Å². The molecule has 150 valence electrons. The van der Waals surface area contributed by atoms with Crippen LogP contribution < -0.4 is 10.6 Å². The van der Waals surface area contributed by atoms with Crippen LogP contribution in [0.15, 0.2) is 66.0 Å². The molecule has 3 aromatic rings. The normalized spacial score (nSPS) is 12.0. The molecular weight excluding hydrogens is 382 g/mol. The summed E-state index contributed by atoms with van der Waals surface area (Å²) in [6.07, 6.45) is 0. The van der Waals surface area contributed by atoms with E-state index in [0.29, 0.717) is 5.13 Å². The summed E-state index contributed by atoms with van der Waals surface area (Å²) in [5.41, 5.74) is 2.62. The molecule has 2 aromatic carbocycles. The Hall–Kier alpha value is -2.99. The highest BCUT2D eigenvalue weighted by Gasteiger charge is 2.30. The number of benzene rings is 2. The van der Waals surface area contributed by atoms with E-state index < -0.39 is 12.0 Å². The maximum absolute atomic E-state index is 13.3. The van der Waals surface area contributed by atoms with Crippen molar-refractivity contribution in [3.05, 3.63) is 82.9 Å². The third kappa shape index (κ3) is 5.29. The highest BCUT2D eigenvalue weighted by molar-refractivity contribution is 7.13. The topological polar surface area (TPSA) is 71.1 Å². The van der Waals surface area contributed by atoms with Crippen molar-refractivity contribution in [2.45, 2.75) is 32.7 Å². The lowest BCUT2D eigenvalue weighted by molar-refractivity contribution is -0.127. The number of aryl methyl sites for hydroxylation is 1. The van der Waals surface area contributed by atoms with Gasteiger partial charge in [-0.3, -0.25) is 9.59 Å². The van der Waals surface area contributed by atoms with Crippen molar-refractivity contribution in [3.8, 4) is 0 Å². The van der Waals surface area contributed by atoms with Gasteiger partial charge in [0.2, 0.25) is 11.8 Å². The summed E-state index contributed by atoms with van der Waals surface area (Å²) in [4.78, 5) is 30.4. The third-order valence-electron chi connectivity index (χ3n) is 4.62. The first-order valence-corrected chi connectivity index (χ1v) is 10.5. The zero-order valence-electron chi connectivity index (χ0n) is 16.8. The van der Waals surface area contributed by atoms with Crippen molar-refractivity contribution in [2.24, 2.45) is 5.92 Å². The number of amides is 2. The van der Waals surface area contributed by atoms with Gasteiger partial charge in [-0.25, -0.2) is 4.98 Å². The molecule has 0 aliphatic rings. The van der Waals surface area contributed by atoms with E-state index in [-0.39, 0.29) is 17.7 Å². The largest absolute Gasteiger partial charge is 0.343 e. The second-order valence-electron chi connectivity index (χ2n) is 7.27. The zero-order valence-corrected chi connectivity index (χ0v) is 17.6. The SMILES string of the molecule is Cc1csc(NC(=O)[C@H](NC(=O)C(c2ccccc2)c2ccccc2)C(C)C)n1. The van der Waals surface area contributed by atoms with Gasteiger partial charge in [0.15, 0.2) is 5.13 Å². The summed E-state index contributed by atoms with van der Waals surface area (Å²) in [5, 5.41) is 8.20. The van der Waals surface area contributed by atoms with Crippen LogP contribution in [-0.2, 0) is 9.59 Å². The number of rotatable bonds is 7. The van der Waals surface area contributed by atoms with E-state index in [9.17, 15) is 9.59 Å². The summed E-state index contributed by atoms with van der Waals surface area (Å²) < 4.78 is 0. The van der Waals surface area contributed by atoms with Crippen LogP contribution in [0.25, 0.3) is 0 Å². The highest BCUT2D eigenvalue weighted by atomic mass is 32.1. The second kappa shape index (κ2) is 9.47. The number of aromatic nitrogens is 1. The first-order chi connectivity index (χ1) is 14.0. The van der Waals surface area contributed by atoms with Gasteiger partial charge in [0, 0.05) is 5.38 Å². The zero-order chi connectivity index (χ0) is 20.8. The molecule has 3 rings (SSSR count). The van der Waals surface area contributed by atoms with Crippen molar-refractivity contribution in [1.29, 1.82) is 0 Å². The van der Waals surface area contributed by atoms with Gasteiger partial charge in [0.05, 0.1) is 11.6 Å². The molecule has 5 nitrogen and oxygen atoms in total. The fraction of sp³-hybridized carbons (Fsp3) is 0.261. The van der Waals surface area contributed by atoms with E-state index in [0.717, 1.165) is 16.8 Å². The van der Waals surface area contributed by atoms with Gasteiger partial charge in [0.25, 0.3) is 0 Å². The molecule has 1 heterocycles. The van der Waals surface area contributed by atoms with Crippen molar-refractivity contribution in [2.75, 3.05) is 5.32 Å². The first-order valence-electron chi connectivity index (χ1n) is 9.59. The number of nitrogens with zero attached hydrogens (tertiary/aromatic N) is 1. The van der Waals surface area contributed by atoms with Gasteiger partial charge < -0.3 is 10.6 Å². The smallest absolute Gasteiger partial charge is 0.248 e. The minimum Gasteiger partial charge on any atom is -0.343 e. The molecule has 0 saturated carbocycles. The fourth-order valence-corrected chi connectivity index (χ4v) is 3.84. The maximum atomic E-state index is 13.3.